The van der Waals surface area contributed by atoms with Crippen LogP contribution in [-0.2, 0) is 4.79 Å². The summed E-state index contributed by atoms with van der Waals surface area (Å²) in [5.41, 5.74) is 0.449. The highest BCUT2D eigenvalue weighted by Gasteiger charge is 2.36. The first-order valence-electron chi connectivity index (χ1n) is 5.27. The molecule has 2 unspecified atom stereocenters. The van der Waals surface area contributed by atoms with Gasteiger partial charge in [0.2, 0.25) is 0 Å². The molecule has 96 valence electrons. The number of aliphatic hydroxyl groups excluding tert-OH is 1. The summed E-state index contributed by atoms with van der Waals surface area (Å²) in [6, 6.07) is 1.81. The van der Waals surface area contributed by atoms with Crippen molar-refractivity contribution >= 4 is 17.5 Å². The largest absolute Gasteiger partial charge is 0.480 e. The van der Waals surface area contributed by atoms with E-state index in [0.29, 0.717) is 5.69 Å². The first-order chi connectivity index (χ1) is 8.49. The Hall–Kier alpha value is -2.22. The molecule has 0 bridgehead atoms. The van der Waals surface area contributed by atoms with Gasteiger partial charge in [-0.15, -0.1) is 0 Å². The summed E-state index contributed by atoms with van der Waals surface area (Å²) in [6.07, 6.45) is 0.652. The molecule has 1 fully saturated rings. The minimum Gasteiger partial charge on any atom is -0.480 e. The molecular weight excluding hydrogens is 242 g/mol. The molecule has 2 atom stereocenters. The third-order valence-corrected chi connectivity index (χ3v) is 2.82. The second-order valence-corrected chi connectivity index (χ2v) is 4.03. The van der Waals surface area contributed by atoms with E-state index in [2.05, 4.69) is 4.98 Å². The Labute approximate surface area is 102 Å². The van der Waals surface area contributed by atoms with E-state index in [0.717, 1.165) is 0 Å². The van der Waals surface area contributed by atoms with E-state index < -0.39 is 23.0 Å². The molecule has 2 heterocycles. The Morgan fingerprint density at radius 1 is 1.56 bits per heavy atom. The molecule has 1 aromatic heterocycles. The lowest BCUT2D eigenvalue weighted by Crippen LogP contribution is -2.36. The number of pyridine rings is 1. The van der Waals surface area contributed by atoms with Crippen molar-refractivity contribution in [2.75, 3.05) is 11.4 Å². The van der Waals surface area contributed by atoms with E-state index in [1.54, 1.807) is 0 Å². The van der Waals surface area contributed by atoms with E-state index in [1.165, 1.54) is 23.2 Å². The molecule has 0 amide bonds. The Morgan fingerprint density at radius 3 is 2.78 bits per heavy atom. The molecular formula is C10H11N3O5. The molecule has 0 aromatic carbocycles. The van der Waals surface area contributed by atoms with Crippen LogP contribution in [0.15, 0.2) is 18.3 Å². The highest BCUT2D eigenvalue weighted by atomic mass is 16.6. The van der Waals surface area contributed by atoms with E-state index >= 15 is 0 Å². The van der Waals surface area contributed by atoms with Gasteiger partial charge in [0.1, 0.15) is 6.04 Å². The van der Waals surface area contributed by atoms with Crippen LogP contribution in [0.3, 0.4) is 0 Å². The third-order valence-electron chi connectivity index (χ3n) is 2.82. The van der Waals surface area contributed by atoms with Gasteiger partial charge in [-0.3, -0.25) is 0 Å². The van der Waals surface area contributed by atoms with Gasteiger partial charge < -0.3 is 25.2 Å². The Bertz CT molecular complexity index is 475. The number of hydrogen-bond donors (Lipinski definition) is 2. The maximum Gasteiger partial charge on any atom is 0.363 e. The average Bonchev–Trinajstić information content (AvgIpc) is 2.71. The highest BCUT2D eigenvalue weighted by Crippen LogP contribution is 2.26. The number of anilines is 1. The number of carboxylic acids is 1. The first-order valence-corrected chi connectivity index (χ1v) is 5.27. The highest BCUT2D eigenvalue weighted by molar-refractivity contribution is 5.79. The van der Waals surface area contributed by atoms with Crippen molar-refractivity contribution in [1.82, 2.24) is 4.98 Å². The van der Waals surface area contributed by atoms with Crippen molar-refractivity contribution in [2.45, 2.75) is 18.6 Å². The number of hydrogen-bond acceptors (Lipinski definition) is 6. The van der Waals surface area contributed by atoms with Gasteiger partial charge in [0.05, 0.1) is 11.8 Å². The Morgan fingerprint density at radius 2 is 2.28 bits per heavy atom. The zero-order valence-electron chi connectivity index (χ0n) is 9.26. The molecule has 8 nitrogen and oxygen atoms in total. The van der Waals surface area contributed by atoms with Gasteiger partial charge >= 0.3 is 11.8 Å². The van der Waals surface area contributed by atoms with Gasteiger partial charge in [0, 0.05) is 19.0 Å². The lowest BCUT2D eigenvalue weighted by molar-refractivity contribution is -0.389. The zero-order valence-corrected chi connectivity index (χ0v) is 9.26. The molecule has 0 spiro atoms. The molecule has 0 aliphatic carbocycles. The number of β-amino-alcohol motifs (C(OH)–C–C–N with tert-alkyl or cyclic N) is 1. The van der Waals surface area contributed by atoms with Gasteiger partial charge in [0.15, 0.2) is 6.20 Å². The van der Waals surface area contributed by atoms with Gasteiger partial charge in [-0.25, -0.2) is 4.79 Å². The molecule has 8 heteroatoms. The fraction of sp³-hybridized carbons (Fsp3) is 0.400. The van der Waals surface area contributed by atoms with Crippen LogP contribution >= 0.6 is 0 Å². The smallest absolute Gasteiger partial charge is 0.363 e. The lowest BCUT2D eigenvalue weighted by atomic mass is 10.2. The maximum atomic E-state index is 11.0. The van der Waals surface area contributed by atoms with Crippen LogP contribution < -0.4 is 4.90 Å². The van der Waals surface area contributed by atoms with Crippen LogP contribution in [0.1, 0.15) is 6.42 Å². The van der Waals surface area contributed by atoms with E-state index in [-0.39, 0.29) is 18.8 Å². The summed E-state index contributed by atoms with van der Waals surface area (Å²) >= 11 is 0. The minimum absolute atomic E-state index is 0.131. The molecule has 1 aliphatic rings. The summed E-state index contributed by atoms with van der Waals surface area (Å²) in [6.45, 7) is 0.177. The van der Waals surface area contributed by atoms with Gasteiger partial charge in [-0.1, -0.05) is 0 Å². The number of aromatic nitrogens is 1. The number of carboxylic acid groups (broad SMARTS) is 1. The van der Waals surface area contributed by atoms with Crippen molar-refractivity contribution in [3.8, 4) is 0 Å². The molecule has 1 aliphatic heterocycles. The Balaban J connectivity index is 2.24. The summed E-state index contributed by atoms with van der Waals surface area (Å²) in [4.78, 5) is 26.0. The third kappa shape index (κ3) is 2.23. The summed E-state index contributed by atoms with van der Waals surface area (Å²) in [7, 11) is 0. The van der Waals surface area contributed by atoms with Gasteiger partial charge in [0.25, 0.3) is 0 Å². The molecule has 18 heavy (non-hydrogen) atoms. The molecule has 1 saturated heterocycles. The second kappa shape index (κ2) is 4.57. The normalized spacial score (nSPS) is 23.1. The van der Waals surface area contributed by atoms with Crippen molar-refractivity contribution in [3.63, 3.8) is 0 Å². The van der Waals surface area contributed by atoms with Crippen molar-refractivity contribution < 1.29 is 19.9 Å². The number of aliphatic carboxylic acids is 1. The fourth-order valence-corrected chi connectivity index (χ4v) is 1.99. The van der Waals surface area contributed by atoms with Crippen molar-refractivity contribution in [1.29, 1.82) is 0 Å². The van der Waals surface area contributed by atoms with Crippen LogP contribution in [0.2, 0.25) is 0 Å². The van der Waals surface area contributed by atoms with Gasteiger partial charge in [-0.05, 0) is 16.0 Å². The molecule has 0 radical (unpaired) electrons. The fourth-order valence-electron chi connectivity index (χ4n) is 1.99. The number of nitro groups is 1. The number of nitrogens with zero attached hydrogens (tertiary/aromatic N) is 3. The van der Waals surface area contributed by atoms with Crippen LogP contribution in [0.5, 0.6) is 0 Å². The van der Waals surface area contributed by atoms with Crippen molar-refractivity contribution in [3.05, 3.63) is 28.4 Å². The quantitative estimate of drug-likeness (QED) is 0.575. The van der Waals surface area contributed by atoms with Crippen LogP contribution in [0, 0.1) is 10.1 Å². The molecule has 2 N–H and O–H groups in total. The van der Waals surface area contributed by atoms with Crippen molar-refractivity contribution in [2.24, 2.45) is 0 Å². The minimum atomic E-state index is -1.04. The van der Waals surface area contributed by atoms with E-state index in [9.17, 15) is 20.0 Å². The summed E-state index contributed by atoms with van der Waals surface area (Å²) < 4.78 is 0. The Kier molecular flexibility index (Phi) is 3.11. The molecule has 1 aromatic rings. The molecule has 2 rings (SSSR count). The second-order valence-electron chi connectivity index (χ2n) is 4.03. The monoisotopic (exact) mass is 253 g/mol. The first kappa shape index (κ1) is 12.2. The van der Waals surface area contributed by atoms with Crippen LogP contribution in [0.25, 0.3) is 0 Å². The predicted molar refractivity (Wildman–Crippen MR) is 60.3 cm³/mol. The maximum absolute atomic E-state index is 11.0. The molecule has 0 saturated carbocycles. The van der Waals surface area contributed by atoms with Crippen LogP contribution in [0.4, 0.5) is 11.5 Å². The number of rotatable bonds is 3. The van der Waals surface area contributed by atoms with Crippen LogP contribution in [-0.4, -0.2) is 44.8 Å². The van der Waals surface area contributed by atoms with E-state index in [1.807, 2.05) is 0 Å². The summed E-state index contributed by atoms with van der Waals surface area (Å²) in [5.74, 6) is -1.34. The lowest BCUT2D eigenvalue weighted by Gasteiger charge is -2.21. The van der Waals surface area contributed by atoms with Gasteiger partial charge in [-0.2, -0.15) is 0 Å². The predicted octanol–water partition coefficient (Wildman–Crippen LogP) is 0.0140. The SMILES string of the molecule is O=C(O)C1CC(O)CN1c1ccc([N+](=O)[O-])nc1. The average molecular weight is 253 g/mol. The standard InChI is InChI=1S/C10H11N3O5/c14-7-3-8(10(15)16)12(5-7)6-1-2-9(11-4-6)13(17)18/h1-2,4,7-8,14H,3,5H2,(H,15,16). The zero-order chi connectivity index (χ0) is 13.3. The number of aliphatic hydroxyl groups is 1. The number of carbonyl (C=O) groups is 1. The van der Waals surface area contributed by atoms with E-state index in [4.69, 9.17) is 5.11 Å². The summed E-state index contributed by atoms with van der Waals surface area (Å²) in [5, 5.41) is 29.0. The topological polar surface area (TPSA) is 117 Å².